The average Bonchev–Trinajstić information content (AvgIpc) is 3.03. The fourth-order valence-electron chi connectivity index (χ4n) is 5.98. The van der Waals surface area contributed by atoms with Gasteiger partial charge in [0, 0.05) is 33.0 Å². The van der Waals surface area contributed by atoms with E-state index >= 15 is 0 Å². The molecule has 4 rings (SSSR count). The number of unbranched alkanes of at least 4 members (excludes halogenated alkanes) is 1. The zero-order valence-corrected chi connectivity index (χ0v) is 26.8. The third-order valence-electron chi connectivity index (χ3n) is 8.49. The number of hydrogen-bond donors (Lipinski definition) is 5. The second-order valence-corrected chi connectivity index (χ2v) is 12.1. The van der Waals surface area contributed by atoms with E-state index in [1.165, 1.54) is 11.8 Å². The Bertz CT molecular complexity index is 1520. The minimum Gasteiger partial charge on any atom is -0.508 e. The van der Waals surface area contributed by atoms with Crippen molar-refractivity contribution in [2.24, 2.45) is 5.73 Å². The van der Waals surface area contributed by atoms with Crippen molar-refractivity contribution in [3.05, 3.63) is 100 Å². The first kappa shape index (κ1) is 34.2. The summed E-state index contributed by atoms with van der Waals surface area (Å²) in [6.45, 7) is 6.19. The molecule has 0 saturated carbocycles. The summed E-state index contributed by atoms with van der Waals surface area (Å²) in [5.74, 6) is -1.07. The van der Waals surface area contributed by atoms with Gasteiger partial charge in [-0.05, 0) is 85.0 Å². The topological polar surface area (TPSA) is 154 Å². The van der Waals surface area contributed by atoms with Crippen LogP contribution in [0.2, 0.25) is 0 Å². The summed E-state index contributed by atoms with van der Waals surface area (Å²) < 4.78 is 0. The van der Waals surface area contributed by atoms with Crippen LogP contribution < -0.4 is 21.7 Å². The van der Waals surface area contributed by atoms with E-state index in [1.807, 2.05) is 68.4 Å². The predicted molar refractivity (Wildman–Crippen MR) is 176 cm³/mol. The molecule has 2 unspecified atom stereocenters. The molecule has 3 aromatic carbocycles. The number of benzene rings is 3. The van der Waals surface area contributed by atoms with Crippen LogP contribution >= 0.6 is 0 Å². The Balaban J connectivity index is 1.52. The normalized spacial score (nSPS) is 15.3. The maximum Gasteiger partial charge on any atom is 0.243 e. The molecule has 1 heterocycles. The van der Waals surface area contributed by atoms with E-state index < -0.39 is 24.0 Å². The molecule has 1 aliphatic rings. The number of phenols is 1. The highest BCUT2D eigenvalue weighted by atomic mass is 16.3. The van der Waals surface area contributed by atoms with Crippen LogP contribution in [-0.2, 0) is 45.1 Å². The third-order valence-corrected chi connectivity index (χ3v) is 8.49. The van der Waals surface area contributed by atoms with Gasteiger partial charge in [0.2, 0.25) is 23.6 Å². The standard InChI is InChI=1S/C36H45N5O5/c1-23-17-29(43)18-24(2)30(23)20-31(37)36(46)41-22-28-14-8-7-13-27(28)19-33(41)35(45)40-32(15-9-10-16-38-25(3)42)34(44)39-21-26-11-5-4-6-12-26/h4-8,11-14,17-18,31-33,43H,9-10,15-16,19-22,37H2,1-3H3,(H,38,42)(H,39,44)(H,40,45)/t31?,32-,33?/m0/s1. The molecule has 10 nitrogen and oxygen atoms in total. The molecule has 46 heavy (non-hydrogen) atoms. The van der Waals surface area contributed by atoms with Crippen LogP contribution in [0.5, 0.6) is 5.75 Å². The molecule has 4 amide bonds. The van der Waals surface area contributed by atoms with Crippen LogP contribution in [0.25, 0.3) is 0 Å². The Morgan fingerprint density at radius 1 is 0.935 bits per heavy atom. The second-order valence-electron chi connectivity index (χ2n) is 12.1. The van der Waals surface area contributed by atoms with Crippen molar-refractivity contribution in [3.8, 4) is 5.75 Å². The molecule has 0 saturated heterocycles. The summed E-state index contributed by atoms with van der Waals surface area (Å²) in [6, 6.07) is 17.9. The van der Waals surface area contributed by atoms with Crippen molar-refractivity contribution in [3.63, 3.8) is 0 Å². The number of fused-ring (bicyclic) bond motifs is 1. The smallest absolute Gasteiger partial charge is 0.243 e. The van der Waals surface area contributed by atoms with Gasteiger partial charge in [0.15, 0.2) is 0 Å². The quantitative estimate of drug-likeness (QED) is 0.184. The number of nitrogens with one attached hydrogen (secondary N) is 3. The number of aromatic hydroxyl groups is 1. The summed E-state index contributed by atoms with van der Waals surface area (Å²) in [5, 5.41) is 18.6. The summed E-state index contributed by atoms with van der Waals surface area (Å²) >= 11 is 0. The number of amides is 4. The van der Waals surface area contributed by atoms with Crippen LogP contribution in [0.4, 0.5) is 0 Å². The first-order valence-electron chi connectivity index (χ1n) is 15.8. The van der Waals surface area contributed by atoms with Gasteiger partial charge in [-0.15, -0.1) is 0 Å². The number of nitrogens with two attached hydrogens (primary N) is 1. The molecule has 0 radical (unpaired) electrons. The largest absolute Gasteiger partial charge is 0.508 e. The number of nitrogens with zero attached hydrogens (tertiary/aromatic N) is 1. The van der Waals surface area contributed by atoms with Gasteiger partial charge in [0.05, 0.1) is 6.04 Å². The summed E-state index contributed by atoms with van der Waals surface area (Å²) in [6.07, 6.45) is 2.14. The lowest BCUT2D eigenvalue weighted by Crippen LogP contribution is -2.59. The monoisotopic (exact) mass is 627 g/mol. The molecule has 3 atom stereocenters. The number of hydrogen-bond acceptors (Lipinski definition) is 6. The SMILES string of the molecule is CC(=O)NCCCC[C@H](NC(=O)C1Cc2ccccc2CN1C(=O)C(N)Cc1c(C)cc(O)cc1C)C(=O)NCc1ccccc1. The Hall–Kier alpha value is -4.70. The van der Waals surface area contributed by atoms with E-state index in [0.29, 0.717) is 38.8 Å². The Morgan fingerprint density at radius 3 is 2.26 bits per heavy atom. The van der Waals surface area contributed by atoms with Crippen molar-refractivity contribution in [2.75, 3.05) is 6.54 Å². The van der Waals surface area contributed by atoms with Gasteiger partial charge in [-0.2, -0.15) is 0 Å². The van der Waals surface area contributed by atoms with Gasteiger partial charge >= 0.3 is 0 Å². The summed E-state index contributed by atoms with van der Waals surface area (Å²) in [7, 11) is 0. The number of phenolic OH excluding ortho intramolecular Hbond substituents is 1. The van der Waals surface area contributed by atoms with Gasteiger partial charge in [-0.25, -0.2) is 0 Å². The van der Waals surface area contributed by atoms with E-state index in [9.17, 15) is 24.3 Å². The predicted octanol–water partition coefficient (Wildman–Crippen LogP) is 2.94. The number of aryl methyl sites for hydroxylation is 2. The molecular formula is C36H45N5O5. The molecule has 3 aromatic rings. The zero-order valence-electron chi connectivity index (χ0n) is 26.8. The van der Waals surface area contributed by atoms with Crippen LogP contribution in [0.15, 0.2) is 66.7 Å². The minimum atomic E-state index is -0.916. The van der Waals surface area contributed by atoms with Crippen molar-refractivity contribution in [2.45, 2.75) is 84.1 Å². The summed E-state index contributed by atoms with van der Waals surface area (Å²) in [4.78, 5) is 54.2. The molecule has 0 spiro atoms. The Kier molecular flexibility index (Phi) is 11.9. The maximum atomic E-state index is 14.0. The van der Waals surface area contributed by atoms with E-state index in [0.717, 1.165) is 33.4 Å². The third kappa shape index (κ3) is 9.17. The van der Waals surface area contributed by atoms with Crippen LogP contribution in [0.3, 0.4) is 0 Å². The lowest BCUT2D eigenvalue weighted by molar-refractivity contribution is -0.143. The lowest BCUT2D eigenvalue weighted by Gasteiger charge is -2.38. The van der Waals surface area contributed by atoms with Crippen LogP contribution in [-0.4, -0.2) is 58.3 Å². The first-order chi connectivity index (χ1) is 22.0. The van der Waals surface area contributed by atoms with Gasteiger partial charge < -0.3 is 31.7 Å². The molecule has 0 aliphatic carbocycles. The van der Waals surface area contributed by atoms with Crippen molar-refractivity contribution in [1.29, 1.82) is 0 Å². The number of carbonyl (C=O) groups is 4. The maximum absolute atomic E-state index is 14.0. The average molecular weight is 628 g/mol. The first-order valence-corrected chi connectivity index (χ1v) is 15.8. The van der Waals surface area contributed by atoms with E-state index in [2.05, 4.69) is 16.0 Å². The van der Waals surface area contributed by atoms with Gasteiger partial charge in [-0.1, -0.05) is 54.6 Å². The van der Waals surface area contributed by atoms with Crippen molar-refractivity contribution < 1.29 is 24.3 Å². The van der Waals surface area contributed by atoms with Gasteiger partial charge in [0.25, 0.3) is 0 Å². The highest BCUT2D eigenvalue weighted by Crippen LogP contribution is 2.26. The molecule has 1 aliphatic heterocycles. The molecule has 6 N–H and O–H groups in total. The van der Waals surface area contributed by atoms with E-state index in [1.54, 1.807) is 12.1 Å². The molecule has 10 heteroatoms. The van der Waals surface area contributed by atoms with Crippen LogP contribution in [0, 0.1) is 13.8 Å². The molecule has 244 valence electrons. The van der Waals surface area contributed by atoms with Crippen molar-refractivity contribution >= 4 is 23.6 Å². The Morgan fingerprint density at radius 2 is 1.59 bits per heavy atom. The minimum absolute atomic E-state index is 0.123. The Labute approximate surface area is 270 Å². The molecule has 0 aromatic heterocycles. The highest BCUT2D eigenvalue weighted by molar-refractivity contribution is 5.93. The lowest BCUT2D eigenvalue weighted by atomic mass is 9.91. The fourth-order valence-corrected chi connectivity index (χ4v) is 5.98. The van der Waals surface area contributed by atoms with Gasteiger partial charge in [-0.3, -0.25) is 19.2 Å². The molecule has 0 bridgehead atoms. The van der Waals surface area contributed by atoms with Gasteiger partial charge in [0.1, 0.15) is 17.8 Å². The van der Waals surface area contributed by atoms with E-state index in [4.69, 9.17) is 5.73 Å². The van der Waals surface area contributed by atoms with Crippen molar-refractivity contribution in [1.82, 2.24) is 20.9 Å². The highest BCUT2D eigenvalue weighted by Gasteiger charge is 2.38. The fraction of sp³-hybridized carbons (Fsp3) is 0.389. The summed E-state index contributed by atoms with van der Waals surface area (Å²) in [5.41, 5.74) is 11.9. The van der Waals surface area contributed by atoms with Crippen LogP contribution in [0.1, 0.15) is 59.6 Å². The molecular weight excluding hydrogens is 582 g/mol. The second kappa shape index (κ2) is 16.0. The van der Waals surface area contributed by atoms with E-state index in [-0.39, 0.29) is 36.4 Å². The molecule has 0 fully saturated rings. The zero-order chi connectivity index (χ0) is 33.2. The number of rotatable bonds is 13. The number of carbonyl (C=O) groups excluding carboxylic acids is 4.